The molecule has 0 spiro atoms. The van der Waals surface area contributed by atoms with E-state index in [9.17, 15) is 5.11 Å². The maximum Gasteiger partial charge on any atom is 0.134 e. The van der Waals surface area contributed by atoms with Crippen molar-refractivity contribution >= 4 is 0 Å². The highest BCUT2D eigenvalue weighted by molar-refractivity contribution is 5.40. The third-order valence-corrected chi connectivity index (χ3v) is 2.71. The zero-order chi connectivity index (χ0) is 14.4. The van der Waals surface area contributed by atoms with E-state index in [-0.39, 0.29) is 6.61 Å². The number of aliphatic hydroxyl groups excluding tert-OH is 1. The summed E-state index contributed by atoms with van der Waals surface area (Å²) in [5, 5.41) is 17.1. The van der Waals surface area contributed by atoms with E-state index in [1.807, 2.05) is 13.0 Å². The Morgan fingerprint density at radius 3 is 2.80 bits per heavy atom. The van der Waals surface area contributed by atoms with Gasteiger partial charge < -0.3 is 14.6 Å². The molecule has 2 aromatic rings. The van der Waals surface area contributed by atoms with Gasteiger partial charge in [0.25, 0.3) is 0 Å². The molecular weight excluding hydrogens is 258 g/mol. The Kier molecular flexibility index (Phi) is 4.95. The molecule has 0 aliphatic heterocycles. The minimum absolute atomic E-state index is 0.0795. The van der Waals surface area contributed by atoms with Crippen molar-refractivity contribution in [3.05, 3.63) is 35.7 Å². The van der Waals surface area contributed by atoms with Gasteiger partial charge in [0.05, 0.1) is 19.4 Å². The van der Waals surface area contributed by atoms with Crippen LogP contribution in [0.2, 0.25) is 0 Å². The van der Waals surface area contributed by atoms with Gasteiger partial charge >= 0.3 is 0 Å². The molecule has 1 heterocycles. The minimum Gasteiger partial charge on any atom is -0.493 e. The average molecular weight is 277 g/mol. The molecule has 1 aromatic heterocycles. The lowest BCUT2D eigenvalue weighted by atomic mass is 10.2. The van der Waals surface area contributed by atoms with Gasteiger partial charge in [0.1, 0.15) is 23.8 Å². The van der Waals surface area contributed by atoms with Crippen LogP contribution in [0.15, 0.2) is 24.4 Å². The van der Waals surface area contributed by atoms with Crippen molar-refractivity contribution in [1.29, 1.82) is 0 Å². The predicted molar refractivity (Wildman–Crippen MR) is 73.5 cm³/mol. The summed E-state index contributed by atoms with van der Waals surface area (Å²) in [6, 6.07) is 5.42. The molecule has 0 bridgehead atoms. The van der Waals surface area contributed by atoms with Crippen molar-refractivity contribution in [2.45, 2.75) is 26.6 Å². The summed E-state index contributed by atoms with van der Waals surface area (Å²) in [4.78, 5) is 0. The number of aryl methyl sites for hydroxylation is 1. The van der Waals surface area contributed by atoms with E-state index in [4.69, 9.17) is 9.47 Å². The summed E-state index contributed by atoms with van der Waals surface area (Å²) < 4.78 is 12.9. The van der Waals surface area contributed by atoms with Crippen molar-refractivity contribution in [2.75, 3.05) is 6.61 Å². The highest BCUT2D eigenvalue weighted by Crippen LogP contribution is 2.26. The Hall–Kier alpha value is -2.08. The van der Waals surface area contributed by atoms with Gasteiger partial charge in [0, 0.05) is 18.7 Å². The highest BCUT2D eigenvalue weighted by atomic mass is 16.5. The van der Waals surface area contributed by atoms with Gasteiger partial charge in [0.2, 0.25) is 0 Å². The van der Waals surface area contributed by atoms with Crippen LogP contribution in [0.25, 0.3) is 0 Å². The van der Waals surface area contributed by atoms with Gasteiger partial charge in [-0.3, -0.25) is 4.68 Å². The molecule has 2 rings (SSSR count). The van der Waals surface area contributed by atoms with Crippen LogP contribution in [0.4, 0.5) is 0 Å². The first-order valence-corrected chi connectivity index (χ1v) is 6.57. The Balaban J connectivity index is 2.07. The molecule has 0 amide bonds. The molecule has 0 aliphatic rings. The van der Waals surface area contributed by atoms with Gasteiger partial charge in [-0.25, -0.2) is 0 Å². The van der Waals surface area contributed by atoms with E-state index in [1.54, 1.807) is 30.1 Å². The highest BCUT2D eigenvalue weighted by Gasteiger charge is 2.07. The van der Waals surface area contributed by atoms with Crippen LogP contribution in [-0.2, 0) is 20.3 Å². The van der Waals surface area contributed by atoms with Crippen LogP contribution >= 0.6 is 0 Å². The molecule has 1 aromatic carbocycles. The fraction of sp³-hybridized carbons (Fsp3) is 0.429. The van der Waals surface area contributed by atoms with Crippen molar-refractivity contribution < 1.29 is 14.6 Å². The summed E-state index contributed by atoms with van der Waals surface area (Å²) in [6.45, 7) is 2.93. The van der Waals surface area contributed by atoms with E-state index in [0.29, 0.717) is 19.0 Å². The van der Waals surface area contributed by atoms with Gasteiger partial charge in [-0.2, -0.15) is 0 Å². The lowest BCUT2D eigenvalue weighted by molar-refractivity contribution is 0.255. The third kappa shape index (κ3) is 3.71. The average Bonchev–Trinajstić information content (AvgIpc) is 2.88. The normalized spacial score (nSPS) is 10.6. The maximum atomic E-state index is 9.33. The largest absolute Gasteiger partial charge is 0.493 e. The van der Waals surface area contributed by atoms with Crippen molar-refractivity contribution in [2.24, 2.45) is 7.05 Å². The smallest absolute Gasteiger partial charge is 0.134 e. The maximum absolute atomic E-state index is 9.33. The number of ether oxygens (including phenoxy) is 2. The number of hydrogen-bond acceptors (Lipinski definition) is 5. The van der Waals surface area contributed by atoms with Crippen molar-refractivity contribution in [3.63, 3.8) is 0 Å². The number of hydrogen-bond donors (Lipinski definition) is 1. The lowest BCUT2D eigenvalue weighted by Gasteiger charge is -2.11. The van der Waals surface area contributed by atoms with E-state index in [1.165, 1.54) is 0 Å². The number of nitrogens with zero attached hydrogens (tertiary/aromatic N) is 3. The first-order chi connectivity index (χ1) is 9.72. The molecule has 0 saturated carbocycles. The molecule has 0 radical (unpaired) electrons. The molecule has 1 N–H and O–H groups in total. The van der Waals surface area contributed by atoms with E-state index >= 15 is 0 Å². The molecule has 6 nitrogen and oxygen atoms in total. The number of rotatable bonds is 7. The molecule has 20 heavy (non-hydrogen) atoms. The molecular formula is C14H19N3O3. The van der Waals surface area contributed by atoms with Crippen LogP contribution in [-0.4, -0.2) is 26.7 Å². The Morgan fingerprint density at radius 1 is 1.30 bits per heavy atom. The van der Waals surface area contributed by atoms with Gasteiger partial charge in [-0.15, -0.1) is 5.10 Å². The summed E-state index contributed by atoms with van der Waals surface area (Å²) in [6.07, 6.45) is 2.73. The Bertz CT molecular complexity index is 554. The van der Waals surface area contributed by atoms with Crippen LogP contribution in [0.1, 0.15) is 24.6 Å². The zero-order valence-corrected chi connectivity index (χ0v) is 11.7. The van der Waals surface area contributed by atoms with Gasteiger partial charge in [0.15, 0.2) is 0 Å². The van der Waals surface area contributed by atoms with Gasteiger partial charge in [-0.1, -0.05) is 12.1 Å². The van der Waals surface area contributed by atoms with Crippen molar-refractivity contribution in [3.8, 4) is 11.5 Å². The summed E-state index contributed by atoms with van der Waals surface area (Å²) in [7, 11) is 1.80. The predicted octanol–water partition coefficient (Wildman–Crippen LogP) is 1.68. The van der Waals surface area contributed by atoms with E-state index < -0.39 is 0 Å². The van der Waals surface area contributed by atoms with E-state index in [2.05, 4.69) is 10.3 Å². The third-order valence-electron chi connectivity index (χ3n) is 2.71. The first kappa shape index (κ1) is 14.3. The number of benzene rings is 1. The fourth-order valence-corrected chi connectivity index (χ4v) is 1.72. The minimum atomic E-state index is -0.0795. The monoisotopic (exact) mass is 277 g/mol. The fourth-order valence-electron chi connectivity index (χ4n) is 1.72. The second-order valence-corrected chi connectivity index (χ2v) is 4.45. The summed E-state index contributed by atoms with van der Waals surface area (Å²) in [5.41, 5.74) is 1.45. The Morgan fingerprint density at radius 2 is 2.15 bits per heavy atom. The molecule has 0 aliphatic carbocycles. The zero-order valence-electron chi connectivity index (χ0n) is 11.7. The number of aromatic nitrogens is 3. The van der Waals surface area contributed by atoms with Crippen molar-refractivity contribution in [1.82, 2.24) is 15.0 Å². The quantitative estimate of drug-likeness (QED) is 0.833. The summed E-state index contributed by atoms with van der Waals surface area (Å²) in [5.74, 6) is 1.34. The van der Waals surface area contributed by atoms with Crippen LogP contribution in [0.3, 0.4) is 0 Å². The lowest BCUT2D eigenvalue weighted by Crippen LogP contribution is -2.01. The summed E-state index contributed by atoms with van der Waals surface area (Å²) >= 11 is 0. The van der Waals surface area contributed by atoms with Crippen LogP contribution in [0.5, 0.6) is 11.5 Å². The number of aliphatic hydroxyl groups is 1. The Labute approximate surface area is 117 Å². The molecule has 6 heteroatoms. The molecule has 108 valence electrons. The molecule has 0 atom stereocenters. The van der Waals surface area contributed by atoms with E-state index in [0.717, 1.165) is 23.4 Å². The van der Waals surface area contributed by atoms with Crippen LogP contribution < -0.4 is 9.47 Å². The molecule has 0 fully saturated rings. The van der Waals surface area contributed by atoms with Gasteiger partial charge in [-0.05, 0) is 18.6 Å². The standard InChI is InChI=1S/C14H19N3O3/c1-3-6-19-13-5-4-11(9-18)14(7-13)20-10-12-8-17(2)16-15-12/h4-5,7-8,18H,3,6,9-10H2,1-2H3. The second kappa shape index (κ2) is 6.91. The molecule has 0 saturated heterocycles. The second-order valence-electron chi connectivity index (χ2n) is 4.45. The molecule has 0 unspecified atom stereocenters. The SMILES string of the molecule is CCCOc1ccc(CO)c(OCc2cn(C)nn2)c1. The topological polar surface area (TPSA) is 69.4 Å². The first-order valence-electron chi connectivity index (χ1n) is 6.57. The van der Waals surface area contributed by atoms with Crippen LogP contribution in [0, 0.1) is 0 Å².